The van der Waals surface area contributed by atoms with Crippen LogP contribution in [0.15, 0.2) is 62.2 Å². The van der Waals surface area contributed by atoms with Crippen molar-refractivity contribution in [2.24, 2.45) is 0 Å². The first-order chi connectivity index (χ1) is 14.0. The zero-order valence-electron chi connectivity index (χ0n) is 15.8. The molecule has 4 rings (SSSR count). The summed E-state index contributed by atoms with van der Waals surface area (Å²) in [6.45, 7) is 3.73. The van der Waals surface area contributed by atoms with E-state index in [4.69, 9.17) is 13.6 Å². The number of hydrogen-bond acceptors (Lipinski definition) is 7. The van der Waals surface area contributed by atoms with E-state index in [9.17, 15) is 9.59 Å². The lowest BCUT2D eigenvalue weighted by Crippen LogP contribution is -2.12. The van der Waals surface area contributed by atoms with Gasteiger partial charge in [0.05, 0.1) is 0 Å². The van der Waals surface area contributed by atoms with E-state index in [1.807, 2.05) is 26.0 Å². The molecule has 4 aromatic rings. The van der Waals surface area contributed by atoms with Crippen LogP contribution in [0, 0.1) is 13.8 Å². The minimum absolute atomic E-state index is 0.00509. The number of amides is 1. The number of anilines is 1. The number of hydrogen-bond donors (Lipinski definition) is 1. The maximum Gasteiger partial charge on any atom is 0.336 e. The Hall–Kier alpha value is -3.94. The Morgan fingerprint density at radius 2 is 1.93 bits per heavy atom. The topological polar surface area (TPSA) is 107 Å². The molecule has 8 heteroatoms. The molecular weight excluding hydrogens is 374 g/mol. The normalized spacial score (nSPS) is 10.8. The van der Waals surface area contributed by atoms with Crippen LogP contribution in [0.4, 0.5) is 6.01 Å². The van der Waals surface area contributed by atoms with Gasteiger partial charge >= 0.3 is 11.6 Å². The molecule has 0 saturated heterocycles. The number of benzene rings is 2. The molecule has 8 nitrogen and oxygen atoms in total. The maximum atomic E-state index is 12.2. The van der Waals surface area contributed by atoms with Gasteiger partial charge in [0, 0.05) is 23.1 Å². The van der Waals surface area contributed by atoms with Crippen molar-refractivity contribution in [1.82, 2.24) is 10.2 Å². The van der Waals surface area contributed by atoms with E-state index in [0.717, 1.165) is 16.5 Å². The van der Waals surface area contributed by atoms with Crippen LogP contribution in [0.5, 0.6) is 5.75 Å². The number of nitrogens with one attached hydrogen (secondary N) is 1. The summed E-state index contributed by atoms with van der Waals surface area (Å²) in [7, 11) is 0. The van der Waals surface area contributed by atoms with E-state index in [-0.39, 0.29) is 24.4 Å². The molecule has 1 amide bonds. The lowest BCUT2D eigenvalue weighted by molar-refractivity contribution is 0.102. The Kier molecular flexibility index (Phi) is 4.82. The second kappa shape index (κ2) is 7.59. The van der Waals surface area contributed by atoms with Gasteiger partial charge < -0.3 is 13.6 Å². The van der Waals surface area contributed by atoms with Gasteiger partial charge in [-0.3, -0.25) is 10.1 Å². The average molecular weight is 391 g/mol. The fraction of sp³-hybridized carbons (Fsp3) is 0.143. The number of fused-ring (bicyclic) bond motifs is 1. The van der Waals surface area contributed by atoms with E-state index in [0.29, 0.717) is 16.9 Å². The highest BCUT2D eigenvalue weighted by molar-refractivity contribution is 6.03. The molecule has 0 bridgehead atoms. The Morgan fingerprint density at radius 1 is 1.07 bits per heavy atom. The second-order valence-corrected chi connectivity index (χ2v) is 6.52. The second-order valence-electron chi connectivity index (χ2n) is 6.52. The zero-order chi connectivity index (χ0) is 20.4. The van der Waals surface area contributed by atoms with Gasteiger partial charge in [-0.05, 0) is 43.7 Å². The summed E-state index contributed by atoms with van der Waals surface area (Å²) in [5.74, 6) is 0.329. The highest BCUT2D eigenvalue weighted by atomic mass is 16.5. The van der Waals surface area contributed by atoms with Crippen LogP contribution in [0.3, 0.4) is 0 Å². The highest BCUT2D eigenvalue weighted by Gasteiger charge is 2.12. The predicted octanol–water partition coefficient (Wildman–Crippen LogP) is 3.62. The fourth-order valence-corrected chi connectivity index (χ4v) is 2.86. The molecule has 29 heavy (non-hydrogen) atoms. The third kappa shape index (κ3) is 4.16. The molecule has 0 spiro atoms. The quantitative estimate of drug-likeness (QED) is 0.518. The lowest BCUT2D eigenvalue weighted by atomic mass is 10.1. The van der Waals surface area contributed by atoms with Gasteiger partial charge in [0.15, 0.2) is 6.61 Å². The molecular formula is C21H17N3O5. The molecule has 0 fully saturated rings. The van der Waals surface area contributed by atoms with Crippen LogP contribution >= 0.6 is 0 Å². The van der Waals surface area contributed by atoms with Crippen LogP contribution in [0.25, 0.3) is 11.0 Å². The molecule has 2 aromatic carbocycles. The van der Waals surface area contributed by atoms with Crippen LogP contribution in [-0.4, -0.2) is 16.1 Å². The van der Waals surface area contributed by atoms with Gasteiger partial charge in [0.25, 0.3) is 11.8 Å². The van der Waals surface area contributed by atoms with Gasteiger partial charge in [0.1, 0.15) is 11.3 Å². The number of aromatic nitrogens is 2. The van der Waals surface area contributed by atoms with Crippen molar-refractivity contribution in [2.45, 2.75) is 20.5 Å². The standard InChI is InChI=1S/C21H17N3O5/c1-12-4-3-5-14(8-12)20(26)22-21-24-23-18(29-21)11-27-15-6-7-16-13(2)9-19(25)28-17(16)10-15/h3-10H,11H2,1-2H3,(H,22,24,26). The van der Waals surface area contributed by atoms with Gasteiger partial charge in [0.2, 0.25) is 0 Å². The molecule has 2 heterocycles. The zero-order valence-corrected chi connectivity index (χ0v) is 15.8. The van der Waals surface area contributed by atoms with Crippen molar-refractivity contribution in [3.8, 4) is 5.75 Å². The Morgan fingerprint density at radius 3 is 2.76 bits per heavy atom. The molecule has 0 unspecified atom stereocenters. The van der Waals surface area contributed by atoms with Crippen LogP contribution in [0.2, 0.25) is 0 Å². The van der Waals surface area contributed by atoms with Crippen LogP contribution in [-0.2, 0) is 6.61 Å². The first-order valence-electron chi connectivity index (χ1n) is 8.86. The SMILES string of the molecule is Cc1cccc(C(=O)Nc2nnc(COc3ccc4c(C)cc(=O)oc4c3)o2)c1. The Labute approximate surface area is 165 Å². The summed E-state index contributed by atoms with van der Waals surface area (Å²) < 4.78 is 16.2. The van der Waals surface area contributed by atoms with Crippen molar-refractivity contribution in [2.75, 3.05) is 5.32 Å². The minimum atomic E-state index is -0.418. The molecule has 0 aliphatic carbocycles. The van der Waals surface area contributed by atoms with Gasteiger partial charge in [-0.15, -0.1) is 5.10 Å². The molecule has 1 N–H and O–H groups in total. The summed E-state index contributed by atoms with van der Waals surface area (Å²) >= 11 is 0. The van der Waals surface area contributed by atoms with E-state index in [1.54, 1.807) is 30.3 Å². The van der Waals surface area contributed by atoms with Gasteiger partial charge in [-0.1, -0.05) is 22.8 Å². The summed E-state index contributed by atoms with van der Waals surface area (Å²) in [6.07, 6.45) is 0. The van der Waals surface area contributed by atoms with Crippen LogP contribution < -0.4 is 15.7 Å². The largest absolute Gasteiger partial charge is 0.484 e. The van der Waals surface area contributed by atoms with Crippen molar-refractivity contribution in [3.05, 3.63) is 81.5 Å². The number of rotatable bonds is 5. The summed E-state index contributed by atoms with van der Waals surface area (Å²) in [4.78, 5) is 23.8. The predicted molar refractivity (Wildman–Crippen MR) is 105 cm³/mol. The van der Waals surface area contributed by atoms with Crippen molar-refractivity contribution >= 4 is 22.9 Å². The fourth-order valence-electron chi connectivity index (χ4n) is 2.86. The number of ether oxygens (including phenoxy) is 1. The first-order valence-corrected chi connectivity index (χ1v) is 8.86. The third-order valence-electron chi connectivity index (χ3n) is 4.25. The minimum Gasteiger partial charge on any atom is -0.484 e. The van der Waals surface area contributed by atoms with Crippen LogP contribution in [0.1, 0.15) is 27.4 Å². The summed E-state index contributed by atoms with van der Waals surface area (Å²) in [5.41, 5.74) is 2.31. The molecule has 0 atom stereocenters. The van der Waals surface area contributed by atoms with E-state index in [2.05, 4.69) is 15.5 Å². The van der Waals surface area contributed by atoms with Crippen molar-refractivity contribution < 1.29 is 18.4 Å². The van der Waals surface area contributed by atoms with E-state index >= 15 is 0 Å². The highest BCUT2D eigenvalue weighted by Crippen LogP contribution is 2.23. The Balaban J connectivity index is 1.42. The van der Waals surface area contributed by atoms with Gasteiger partial charge in [-0.25, -0.2) is 4.79 Å². The van der Waals surface area contributed by atoms with E-state index in [1.165, 1.54) is 6.07 Å². The molecule has 0 aliphatic heterocycles. The summed E-state index contributed by atoms with van der Waals surface area (Å²) in [5, 5.41) is 11.0. The molecule has 0 aliphatic rings. The monoisotopic (exact) mass is 391 g/mol. The van der Waals surface area contributed by atoms with Crippen molar-refractivity contribution in [3.63, 3.8) is 0 Å². The smallest absolute Gasteiger partial charge is 0.336 e. The lowest BCUT2D eigenvalue weighted by Gasteiger charge is -2.05. The van der Waals surface area contributed by atoms with Crippen molar-refractivity contribution in [1.29, 1.82) is 0 Å². The maximum absolute atomic E-state index is 12.2. The van der Waals surface area contributed by atoms with E-state index < -0.39 is 5.63 Å². The first kappa shape index (κ1) is 18.4. The number of carbonyl (C=O) groups is 1. The molecule has 0 radical (unpaired) electrons. The number of aryl methyl sites for hydroxylation is 2. The molecule has 0 saturated carbocycles. The Bertz CT molecular complexity index is 1260. The number of carbonyl (C=O) groups excluding carboxylic acids is 1. The molecule has 146 valence electrons. The average Bonchev–Trinajstić information content (AvgIpc) is 3.13. The molecule has 2 aromatic heterocycles. The van der Waals surface area contributed by atoms with Gasteiger partial charge in [-0.2, -0.15) is 0 Å². The summed E-state index contributed by atoms with van der Waals surface area (Å²) in [6, 6.07) is 13.8. The third-order valence-corrected chi connectivity index (χ3v) is 4.25. The number of nitrogens with zero attached hydrogens (tertiary/aromatic N) is 2.